The number of hydrogen-bond acceptors (Lipinski definition) is 3. The van der Waals surface area contributed by atoms with Crippen molar-refractivity contribution in [1.82, 2.24) is 20.2 Å². The van der Waals surface area contributed by atoms with Crippen molar-refractivity contribution in [3.8, 4) is 0 Å². The molecule has 5 nitrogen and oxygen atoms in total. The number of aromatic nitrogens is 4. The fourth-order valence-electron chi connectivity index (χ4n) is 4.77. The van der Waals surface area contributed by atoms with Gasteiger partial charge in [0.05, 0.1) is 6.04 Å². The zero-order valence-electron chi connectivity index (χ0n) is 17.8. The van der Waals surface area contributed by atoms with Gasteiger partial charge in [0, 0.05) is 17.0 Å². The Hall–Kier alpha value is -2.60. The first kappa shape index (κ1) is 20.7. The van der Waals surface area contributed by atoms with Crippen molar-refractivity contribution in [3.05, 3.63) is 77.4 Å². The molecule has 0 spiro atoms. The zero-order valence-corrected chi connectivity index (χ0v) is 17.8. The highest BCUT2D eigenvalue weighted by molar-refractivity contribution is 5.16. The SMILES string of the molecule is CC(C)[C@H](c1nnnn1C1CCCC1)[NH+](Cc1ccccc1)Cc1ccc(F)cc1. The van der Waals surface area contributed by atoms with Crippen molar-refractivity contribution in [1.29, 1.82) is 0 Å². The van der Waals surface area contributed by atoms with Crippen LogP contribution in [0.3, 0.4) is 0 Å². The van der Waals surface area contributed by atoms with E-state index in [9.17, 15) is 4.39 Å². The molecule has 1 aliphatic rings. The fourth-order valence-corrected chi connectivity index (χ4v) is 4.77. The second-order valence-electron chi connectivity index (χ2n) is 8.77. The average molecular weight is 409 g/mol. The van der Waals surface area contributed by atoms with Gasteiger partial charge in [-0.1, -0.05) is 69.2 Å². The summed E-state index contributed by atoms with van der Waals surface area (Å²) in [6.07, 6.45) is 4.78. The number of rotatable bonds is 8. The van der Waals surface area contributed by atoms with E-state index in [1.54, 1.807) is 12.1 Å². The van der Waals surface area contributed by atoms with E-state index in [1.807, 2.05) is 18.2 Å². The summed E-state index contributed by atoms with van der Waals surface area (Å²) in [6.45, 7) is 6.14. The molecule has 2 aromatic carbocycles. The first-order valence-corrected chi connectivity index (χ1v) is 11.0. The molecule has 1 aromatic heterocycles. The molecule has 1 N–H and O–H groups in total. The summed E-state index contributed by atoms with van der Waals surface area (Å²) in [5.74, 6) is 1.13. The van der Waals surface area contributed by atoms with E-state index < -0.39 is 0 Å². The summed E-state index contributed by atoms with van der Waals surface area (Å²) >= 11 is 0. The minimum absolute atomic E-state index is 0.144. The first-order chi connectivity index (χ1) is 14.6. The Bertz CT molecular complexity index is 916. The van der Waals surface area contributed by atoms with Crippen molar-refractivity contribution >= 4 is 0 Å². The van der Waals surface area contributed by atoms with Crippen molar-refractivity contribution in [2.24, 2.45) is 5.92 Å². The van der Waals surface area contributed by atoms with Crippen LogP contribution in [-0.2, 0) is 13.1 Å². The van der Waals surface area contributed by atoms with Crippen molar-refractivity contribution in [2.45, 2.75) is 64.7 Å². The summed E-state index contributed by atoms with van der Waals surface area (Å²) in [7, 11) is 0. The topological polar surface area (TPSA) is 48.0 Å². The third-order valence-corrected chi connectivity index (χ3v) is 6.19. The summed E-state index contributed by atoms with van der Waals surface area (Å²) < 4.78 is 15.6. The second kappa shape index (κ2) is 9.47. The van der Waals surface area contributed by atoms with Gasteiger partial charge in [0.2, 0.25) is 5.82 Å². The Morgan fingerprint density at radius 3 is 2.23 bits per heavy atom. The van der Waals surface area contributed by atoms with E-state index in [4.69, 9.17) is 0 Å². The maximum atomic E-state index is 13.5. The Balaban J connectivity index is 1.68. The minimum atomic E-state index is -0.200. The Morgan fingerprint density at radius 2 is 1.60 bits per heavy atom. The van der Waals surface area contributed by atoms with Crippen LogP contribution in [0.4, 0.5) is 4.39 Å². The lowest BCUT2D eigenvalue weighted by Crippen LogP contribution is -3.10. The van der Waals surface area contributed by atoms with Crippen molar-refractivity contribution < 1.29 is 9.29 Å². The van der Waals surface area contributed by atoms with Gasteiger partial charge in [0.15, 0.2) is 6.04 Å². The highest BCUT2D eigenvalue weighted by Crippen LogP contribution is 2.31. The fraction of sp³-hybridized carbons (Fsp3) is 0.458. The molecule has 1 unspecified atom stereocenters. The number of quaternary nitrogens is 1. The molecule has 30 heavy (non-hydrogen) atoms. The number of nitrogens with zero attached hydrogens (tertiary/aromatic N) is 4. The largest absolute Gasteiger partial charge is 0.318 e. The molecular formula is C24H31FN5+. The number of benzene rings is 2. The van der Waals surface area contributed by atoms with E-state index in [0.29, 0.717) is 12.0 Å². The van der Waals surface area contributed by atoms with Gasteiger partial charge in [0.1, 0.15) is 18.9 Å². The molecule has 1 heterocycles. The van der Waals surface area contributed by atoms with Crippen molar-refractivity contribution in [2.75, 3.05) is 0 Å². The number of nitrogens with one attached hydrogen (secondary N) is 1. The third kappa shape index (κ3) is 4.75. The Morgan fingerprint density at radius 1 is 0.967 bits per heavy atom. The molecule has 0 aliphatic heterocycles. The van der Waals surface area contributed by atoms with E-state index in [2.05, 4.69) is 58.3 Å². The van der Waals surface area contributed by atoms with Gasteiger partial charge in [-0.3, -0.25) is 0 Å². The lowest BCUT2D eigenvalue weighted by molar-refractivity contribution is -0.962. The predicted molar refractivity (Wildman–Crippen MR) is 114 cm³/mol. The summed E-state index contributed by atoms with van der Waals surface area (Å²) in [6, 6.07) is 18.0. The normalized spacial score (nSPS) is 16.8. The Kier molecular flexibility index (Phi) is 6.53. The molecule has 0 bridgehead atoms. The van der Waals surface area contributed by atoms with E-state index in [-0.39, 0.29) is 11.9 Å². The maximum absolute atomic E-state index is 13.5. The number of hydrogen-bond donors (Lipinski definition) is 1. The standard InChI is InChI=1S/C24H30FN5/c1-18(2)23(24-26-27-28-30(24)22-10-6-7-11-22)29(16-19-8-4-3-5-9-19)17-20-12-14-21(25)15-13-20/h3-5,8-9,12-15,18,22-23H,6-7,10-11,16-17H2,1-2H3/p+1/t23-/m1/s1. The summed E-state index contributed by atoms with van der Waals surface area (Å²) in [4.78, 5) is 1.37. The predicted octanol–water partition coefficient (Wildman–Crippen LogP) is 3.91. The quantitative estimate of drug-likeness (QED) is 0.615. The molecule has 6 heteroatoms. The Labute approximate surface area is 177 Å². The van der Waals surface area contributed by atoms with Crippen LogP contribution in [-0.4, -0.2) is 20.2 Å². The van der Waals surface area contributed by atoms with Crippen LogP contribution in [0.5, 0.6) is 0 Å². The van der Waals surface area contributed by atoms with Crippen LogP contribution in [0.25, 0.3) is 0 Å². The minimum Gasteiger partial charge on any atom is -0.318 e. The van der Waals surface area contributed by atoms with Crippen LogP contribution >= 0.6 is 0 Å². The van der Waals surface area contributed by atoms with E-state index in [0.717, 1.165) is 37.3 Å². The van der Waals surface area contributed by atoms with Crippen LogP contribution in [0, 0.1) is 11.7 Å². The van der Waals surface area contributed by atoms with Gasteiger partial charge in [-0.15, -0.1) is 5.10 Å². The monoisotopic (exact) mass is 408 g/mol. The molecule has 0 amide bonds. The van der Waals surface area contributed by atoms with Gasteiger partial charge in [0.25, 0.3) is 0 Å². The van der Waals surface area contributed by atoms with Gasteiger partial charge in [-0.05, 0) is 35.4 Å². The lowest BCUT2D eigenvalue weighted by Gasteiger charge is -2.31. The van der Waals surface area contributed by atoms with Gasteiger partial charge >= 0.3 is 0 Å². The molecule has 0 saturated heterocycles. The second-order valence-corrected chi connectivity index (χ2v) is 8.77. The molecule has 3 aromatic rings. The summed E-state index contributed by atoms with van der Waals surface area (Å²) in [5, 5.41) is 13.0. The molecule has 1 saturated carbocycles. The van der Waals surface area contributed by atoms with E-state index in [1.165, 1.54) is 23.3 Å². The highest BCUT2D eigenvalue weighted by atomic mass is 19.1. The van der Waals surface area contributed by atoms with Crippen LogP contribution < -0.4 is 4.90 Å². The van der Waals surface area contributed by atoms with Crippen LogP contribution in [0.1, 0.15) is 68.6 Å². The molecule has 2 atom stereocenters. The van der Waals surface area contributed by atoms with Gasteiger partial charge in [-0.25, -0.2) is 9.07 Å². The zero-order chi connectivity index (χ0) is 20.9. The average Bonchev–Trinajstić information content (AvgIpc) is 3.42. The van der Waals surface area contributed by atoms with E-state index >= 15 is 0 Å². The third-order valence-electron chi connectivity index (χ3n) is 6.19. The maximum Gasteiger partial charge on any atom is 0.209 e. The van der Waals surface area contributed by atoms with Crippen LogP contribution in [0.15, 0.2) is 54.6 Å². The van der Waals surface area contributed by atoms with Crippen LogP contribution in [0.2, 0.25) is 0 Å². The molecular weight excluding hydrogens is 377 g/mol. The smallest absolute Gasteiger partial charge is 0.209 e. The molecule has 4 rings (SSSR count). The highest BCUT2D eigenvalue weighted by Gasteiger charge is 2.35. The van der Waals surface area contributed by atoms with Gasteiger partial charge in [-0.2, -0.15) is 0 Å². The molecule has 1 fully saturated rings. The lowest BCUT2D eigenvalue weighted by atomic mass is 9.99. The number of halogens is 1. The first-order valence-electron chi connectivity index (χ1n) is 11.0. The van der Waals surface area contributed by atoms with Crippen molar-refractivity contribution in [3.63, 3.8) is 0 Å². The molecule has 1 aliphatic carbocycles. The summed E-state index contributed by atoms with van der Waals surface area (Å²) in [5.41, 5.74) is 2.40. The molecule has 158 valence electrons. The number of tetrazole rings is 1. The molecule has 0 radical (unpaired) electrons. The van der Waals surface area contributed by atoms with Gasteiger partial charge < -0.3 is 4.90 Å².